The zero-order chi connectivity index (χ0) is 29.3. The minimum atomic E-state index is -0.355. The third-order valence-electron chi connectivity index (χ3n) is 6.27. The van der Waals surface area contributed by atoms with E-state index in [2.05, 4.69) is 47.5 Å². The molecule has 0 saturated heterocycles. The lowest BCUT2D eigenvalue weighted by Crippen LogP contribution is -2.28. The lowest BCUT2D eigenvalue weighted by atomic mass is 10.1. The smallest absolute Gasteiger partial charge is 0.259 e. The highest BCUT2D eigenvalue weighted by atomic mass is 35.5. The average molecular weight is 579 g/mol. The minimum absolute atomic E-state index is 0.0916. The molecule has 0 radical (unpaired) electrons. The van der Waals surface area contributed by atoms with E-state index in [1.54, 1.807) is 31.3 Å². The van der Waals surface area contributed by atoms with E-state index in [0.29, 0.717) is 41.3 Å². The Bertz CT molecular complexity index is 1690. The molecule has 11 nitrogen and oxygen atoms in total. The van der Waals surface area contributed by atoms with Crippen LogP contribution in [0.25, 0.3) is 11.3 Å². The number of rotatable bonds is 11. The largest absolute Gasteiger partial charge is 0.350 e. The van der Waals surface area contributed by atoms with E-state index < -0.39 is 0 Å². The summed E-state index contributed by atoms with van der Waals surface area (Å²) in [6, 6.07) is 28.8. The Hall–Kier alpha value is -5.47. The number of benzene rings is 3. The molecule has 0 fully saturated rings. The molecule has 0 aliphatic carbocycles. The first-order chi connectivity index (χ1) is 20.5. The van der Waals surface area contributed by atoms with Crippen molar-refractivity contribution in [2.24, 2.45) is 7.05 Å². The van der Waals surface area contributed by atoms with Crippen LogP contribution in [-0.4, -0.2) is 24.5 Å². The quantitative estimate of drug-likeness (QED) is 0.158. The molecule has 2 aromatic heterocycles. The fourth-order valence-corrected chi connectivity index (χ4v) is 4.23. The number of nitrogens with zero attached hydrogens (tertiary/aromatic N) is 6. The standard InChI is InChI=1S/C30H27ClN10O/c1-41-26(42)24(16-17-32)25(22-12-14-23(31)15-13-22)35-30(41)40-39-29-37-27(33-18-20-8-4-2-5-9-20)36-28(38-29)34-19-21-10-6-3-7-11-21/h2-15H,16,18-19H2,1H3,(H,35,40)(H3,33,34,36,37,38,39). The van der Waals surface area contributed by atoms with Gasteiger partial charge < -0.3 is 10.6 Å². The lowest BCUT2D eigenvalue weighted by molar-refractivity contribution is 0.816. The van der Waals surface area contributed by atoms with Gasteiger partial charge in [0.1, 0.15) is 0 Å². The highest BCUT2D eigenvalue weighted by Crippen LogP contribution is 2.23. The summed E-state index contributed by atoms with van der Waals surface area (Å²) >= 11 is 6.06. The molecular formula is C30H27ClN10O. The van der Waals surface area contributed by atoms with Crippen molar-refractivity contribution in [3.8, 4) is 17.3 Å². The van der Waals surface area contributed by atoms with Crippen LogP contribution in [-0.2, 0) is 26.6 Å². The lowest BCUT2D eigenvalue weighted by Gasteiger charge is -2.16. The van der Waals surface area contributed by atoms with Gasteiger partial charge in [-0.15, -0.1) is 0 Å². The van der Waals surface area contributed by atoms with Crippen molar-refractivity contribution in [3.05, 3.63) is 117 Å². The zero-order valence-corrected chi connectivity index (χ0v) is 23.4. The third kappa shape index (κ3) is 6.99. The van der Waals surface area contributed by atoms with Crippen molar-refractivity contribution in [1.82, 2.24) is 24.5 Å². The molecule has 0 saturated carbocycles. The first kappa shape index (κ1) is 28.1. The third-order valence-corrected chi connectivity index (χ3v) is 6.52. The summed E-state index contributed by atoms with van der Waals surface area (Å²) in [5.41, 5.74) is 8.99. The molecule has 0 aliphatic heterocycles. The number of hydrogen-bond donors (Lipinski definition) is 4. The van der Waals surface area contributed by atoms with Crippen LogP contribution in [0.3, 0.4) is 0 Å². The van der Waals surface area contributed by atoms with E-state index >= 15 is 0 Å². The molecule has 2 heterocycles. The van der Waals surface area contributed by atoms with Gasteiger partial charge in [-0.25, -0.2) is 4.98 Å². The topological polar surface area (TPSA) is 145 Å². The van der Waals surface area contributed by atoms with E-state index in [1.165, 1.54) is 4.57 Å². The Morgan fingerprint density at radius 2 is 1.31 bits per heavy atom. The molecule has 5 rings (SSSR count). The maximum absolute atomic E-state index is 13.2. The van der Waals surface area contributed by atoms with Gasteiger partial charge in [-0.05, 0) is 23.3 Å². The zero-order valence-electron chi connectivity index (χ0n) is 22.7. The average Bonchev–Trinajstić information content (AvgIpc) is 3.02. The van der Waals surface area contributed by atoms with Gasteiger partial charge in [0, 0.05) is 30.7 Å². The van der Waals surface area contributed by atoms with Crippen LogP contribution in [0.2, 0.25) is 5.02 Å². The Labute approximate surface area is 247 Å². The van der Waals surface area contributed by atoms with Gasteiger partial charge in [-0.1, -0.05) is 84.4 Å². The van der Waals surface area contributed by atoms with E-state index in [0.717, 1.165) is 11.1 Å². The Balaban J connectivity index is 1.42. The highest BCUT2D eigenvalue weighted by molar-refractivity contribution is 6.30. The van der Waals surface area contributed by atoms with Gasteiger partial charge in [0.15, 0.2) is 0 Å². The van der Waals surface area contributed by atoms with E-state index in [9.17, 15) is 10.1 Å². The number of anilines is 4. The summed E-state index contributed by atoms with van der Waals surface area (Å²) in [5.74, 6) is 1.09. The van der Waals surface area contributed by atoms with Crippen LogP contribution in [0.4, 0.5) is 23.8 Å². The summed E-state index contributed by atoms with van der Waals surface area (Å²) < 4.78 is 1.32. The Morgan fingerprint density at radius 1 is 0.762 bits per heavy atom. The molecule has 12 heteroatoms. The number of halogens is 1. The summed E-state index contributed by atoms with van der Waals surface area (Å²) in [5, 5.41) is 16.4. The summed E-state index contributed by atoms with van der Waals surface area (Å²) in [4.78, 5) is 31.4. The van der Waals surface area contributed by atoms with E-state index in [1.807, 2.05) is 60.7 Å². The first-order valence-electron chi connectivity index (χ1n) is 13.1. The summed E-state index contributed by atoms with van der Waals surface area (Å²) in [7, 11) is 1.57. The van der Waals surface area contributed by atoms with Gasteiger partial charge >= 0.3 is 0 Å². The fraction of sp³-hybridized carbons (Fsp3) is 0.133. The van der Waals surface area contributed by atoms with Gasteiger partial charge in [0.25, 0.3) is 5.56 Å². The monoisotopic (exact) mass is 578 g/mol. The molecule has 0 aliphatic rings. The van der Waals surface area contributed by atoms with Crippen LogP contribution in [0.1, 0.15) is 16.7 Å². The number of aromatic nitrogens is 5. The molecule has 42 heavy (non-hydrogen) atoms. The van der Waals surface area contributed by atoms with Crippen LogP contribution < -0.4 is 27.0 Å². The maximum atomic E-state index is 13.2. The molecule has 0 amide bonds. The maximum Gasteiger partial charge on any atom is 0.259 e. The van der Waals surface area contributed by atoms with Gasteiger partial charge in [0.05, 0.1) is 23.7 Å². The van der Waals surface area contributed by atoms with Crippen molar-refractivity contribution in [1.29, 1.82) is 5.26 Å². The normalized spacial score (nSPS) is 10.5. The summed E-state index contributed by atoms with van der Waals surface area (Å²) in [6.07, 6.45) is -0.0916. The predicted octanol–water partition coefficient (Wildman–Crippen LogP) is 5.01. The second-order valence-corrected chi connectivity index (χ2v) is 9.64. The molecule has 3 aromatic carbocycles. The van der Waals surface area contributed by atoms with Crippen LogP contribution in [0.5, 0.6) is 0 Å². The molecule has 5 aromatic rings. The van der Waals surface area contributed by atoms with Crippen molar-refractivity contribution in [3.63, 3.8) is 0 Å². The highest BCUT2D eigenvalue weighted by Gasteiger charge is 2.17. The van der Waals surface area contributed by atoms with Crippen molar-refractivity contribution in [2.45, 2.75) is 19.5 Å². The second-order valence-electron chi connectivity index (χ2n) is 9.20. The van der Waals surface area contributed by atoms with Crippen molar-refractivity contribution < 1.29 is 0 Å². The van der Waals surface area contributed by atoms with E-state index in [-0.39, 0.29) is 29.4 Å². The van der Waals surface area contributed by atoms with Crippen LogP contribution in [0, 0.1) is 11.3 Å². The van der Waals surface area contributed by atoms with Gasteiger partial charge in [-0.3, -0.25) is 20.2 Å². The van der Waals surface area contributed by atoms with Gasteiger partial charge in [-0.2, -0.15) is 20.2 Å². The van der Waals surface area contributed by atoms with E-state index in [4.69, 9.17) is 11.6 Å². The van der Waals surface area contributed by atoms with Crippen molar-refractivity contribution >= 4 is 35.4 Å². The van der Waals surface area contributed by atoms with Crippen molar-refractivity contribution in [2.75, 3.05) is 21.5 Å². The predicted molar refractivity (Wildman–Crippen MR) is 164 cm³/mol. The minimum Gasteiger partial charge on any atom is -0.350 e. The number of hydrazine groups is 1. The van der Waals surface area contributed by atoms with Crippen LogP contribution in [0.15, 0.2) is 89.7 Å². The second kappa shape index (κ2) is 13.3. The molecule has 0 unspecified atom stereocenters. The molecule has 0 bridgehead atoms. The first-order valence-corrected chi connectivity index (χ1v) is 13.4. The molecule has 4 N–H and O–H groups in total. The SMILES string of the molecule is Cn1c(NNc2nc(NCc3ccccc3)nc(NCc3ccccc3)n2)nc(-c2ccc(Cl)cc2)c(CC#N)c1=O. The fourth-order valence-electron chi connectivity index (χ4n) is 4.10. The summed E-state index contributed by atoms with van der Waals surface area (Å²) in [6.45, 7) is 1.02. The number of nitrogens with one attached hydrogen (secondary N) is 4. The molecular weight excluding hydrogens is 552 g/mol. The Morgan fingerprint density at radius 3 is 1.86 bits per heavy atom. The number of nitriles is 1. The molecule has 210 valence electrons. The molecule has 0 atom stereocenters. The Kier molecular flexibility index (Phi) is 8.86. The van der Waals surface area contributed by atoms with Crippen LogP contribution >= 0.6 is 11.6 Å². The number of hydrogen-bond acceptors (Lipinski definition) is 10. The molecule has 0 spiro atoms. The van der Waals surface area contributed by atoms with Gasteiger partial charge in [0.2, 0.25) is 23.8 Å².